The number of halogens is 2. The maximum Gasteiger partial charge on any atom is 0.382 e. The molecule has 0 fully saturated rings. The van der Waals surface area contributed by atoms with Gasteiger partial charge in [0.25, 0.3) is 5.56 Å². The summed E-state index contributed by atoms with van der Waals surface area (Å²) in [5.41, 5.74) is -1.92. The molecule has 0 unspecified atom stereocenters. The second-order valence-electron chi connectivity index (χ2n) is 2.71. The van der Waals surface area contributed by atoms with Gasteiger partial charge in [-0.3, -0.25) is 4.79 Å². The molecule has 0 atom stereocenters. The Morgan fingerprint density at radius 3 is 2.80 bits per heavy atom. The Hall–Kier alpha value is -1.72. The third-order valence-corrected chi connectivity index (χ3v) is 1.69. The largest absolute Gasteiger partial charge is 0.461 e. The predicted molar refractivity (Wildman–Crippen MR) is 47.6 cm³/mol. The van der Waals surface area contributed by atoms with Crippen molar-refractivity contribution < 1.29 is 18.3 Å². The molecule has 4 nitrogen and oxygen atoms in total. The van der Waals surface area contributed by atoms with Gasteiger partial charge in [0.05, 0.1) is 12.2 Å². The fraction of sp³-hybridized carbons (Fsp3) is 0.333. The van der Waals surface area contributed by atoms with E-state index in [4.69, 9.17) is 0 Å². The van der Waals surface area contributed by atoms with E-state index in [1.165, 1.54) is 19.2 Å². The van der Waals surface area contributed by atoms with Crippen LogP contribution in [0, 0.1) is 0 Å². The number of hydrogen-bond donors (Lipinski definition) is 1. The van der Waals surface area contributed by atoms with E-state index >= 15 is 0 Å². The van der Waals surface area contributed by atoms with Gasteiger partial charge in [0.1, 0.15) is 0 Å². The van der Waals surface area contributed by atoms with Crippen molar-refractivity contribution in [3.63, 3.8) is 0 Å². The maximum atomic E-state index is 13.3. The van der Waals surface area contributed by atoms with Crippen molar-refractivity contribution >= 4 is 5.97 Å². The summed E-state index contributed by atoms with van der Waals surface area (Å²) in [5.74, 6) is -5.63. The lowest BCUT2D eigenvalue weighted by molar-refractivity contribution is -0.173. The fourth-order valence-electron chi connectivity index (χ4n) is 1.00. The first-order valence-electron chi connectivity index (χ1n) is 4.23. The summed E-state index contributed by atoms with van der Waals surface area (Å²) in [4.78, 5) is 24.0. The second-order valence-corrected chi connectivity index (χ2v) is 2.71. The number of H-pyrrole nitrogens is 1. The predicted octanol–water partition coefficient (Wildman–Crippen LogP) is 1.03. The Labute approximate surface area is 83.9 Å². The Bertz CT molecular complexity index is 414. The Morgan fingerprint density at radius 2 is 2.27 bits per heavy atom. The number of ether oxygens (including phenoxy) is 1. The zero-order valence-electron chi connectivity index (χ0n) is 7.92. The minimum Gasteiger partial charge on any atom is -0.461 e. The summed E-state index contributed by atoms with van der Waals surface area (Å²) in [7, 11) is 0. The number of pyridine rings is 1. The van der Waals surface area contributed by atoms with E-state index in [0.29, 0.717) is 0 Å². The van der Waals surface area contributed by atoms with E-state index in [1.54, 1.807) is 0 Å². The number of carbonyl (C=O) groups excluding carboxylic acids is 1. The molecule has 0 bridgehead atoms. The average Bonchev–Trinajstić information content (AvgIpc) is 2.18. The molecule has 1 aromatic rings. The third-order valence-electron chi connectivity index (χ3n) is 1.69. The minimum absolute atomic E-state index is 0.167. The third kappa shape index (κ3) is 2.20. The number of alkyl halides is 2. The number of aromatic amines is 1. The standard InChI is InChI=1S/C9H9F2NO3/c1-2-15-8(14)9(10,11)6-4-3-5-12-7(6)13/h3-5H,2H2,1H3,(H,12,13). The number of aromatic nitrogens is 1. The van der Waals surface area contributed by atoms with Gasteiger partial charge in [-0.2, -0.15) is 8.78 Å². The summed E-state index contributed by atoms with van der Waals surface area (Å²) in [6.45, 7) is 1.24. The van der Waals surface area contributed by atoms with Crippen molar-refractivity contribution in [2.45, 2.75) is 12.8 Å². The molecule has 6 heteroatoms. The SMILES string of the molecule is CCOC(=O)C(F)(F)c1ccc[nH]c1=O. The average molecular weight is 217 g/mol. The molecule has 1 heterocycles. The van der Waals surface area contributed by atoms with Crippen LogP contribution in [0.15, 0.2) is 23.1 Å². The molecule has 0 spiro atoms. The molecule has 82 valence electrons. The highest BCUT2D eigenvalue weighted by Crippen LogP contribution is 2.26. The number of rotatable bonds is 3. The van der Waals surface area contributed by atoms with Crippen LogP contribution >= 0.6 is 0 Å². The first-order chi connectivity index (χ1) is 7.00. The first kappa shape index (κ1) is 11.4. The summed E-state index contributed by atoms with van der Waals surface area (Å²) < 4.78 is 30.8. The normalized spacial score (nSPS) is 11.1. The van der Waals surface area contributed by atoms with Crippen LogP contribution < -0.4 is 5.56 Å². The van der Waals surface area contributed by atoms with Crippen LogP contribution in [-0.2, 0) is 15.5 Å². The van der Waals surface area contributed by atoms with Crippen molar-refractivity contribution in [3.05, 3.63) is 34.2 Å². The Kier molecular flexibility index (Phi) is 3.18. The zero-order chi connectivity index (χ0) is 11.5. The Morgan fingerprint density at radius 1 is 1.60 bits per heavy atom. The molecule has 1 aromatic heterocycles. The molecule has 0 radical (unpaired) electrons. The lowest BCUT2D eigenvalue weighted by atomic mass is 10.1. The molecule has 0 aromatic carbocycles. The highest BCUT2D eigenvalue weighted by molar-refractivity contribution is 5.79. The van der Waals surface area contributed by atoms with Gasteiger partial charge in [0.15, 0.2) is 0 Å². The lowest BCUT2D eigenvalue weighted by Crippen LogP contribution is -2.33. The molecule has 0 saturated carbocycles. The highest BCUT2D eigenvalue weighted by atomic mass is 19.3. The van der Waals surface area contributed by atoms with Crippen LogP contribution in [0.1, 0.15) is 12.5 Å². The van der Waals surface area contributed by atoms with Gasteiger partial charge in [-0.25, -0.2) is 4.79 Å². The van der Waals surface area contributed by atoms with E-state index in [9.17, 15) is 18.4 Å². The van der Waals surface area contributed by atoms with Crippen LogP contribution in [0.25, 0.3) is 0 Å². The summed E-state index contributed by atoms with van der Waals surface area (Å²) in [5, 5.41) is 0. The smallest absolute Gasteiger partial charge is 0.382 e. The topological polar surface area (TPSA) is 59.2 Å². The van der Waals surface area contributed by atoms with Crippen molar-refractivity contribution in [2.75, 3.05) is 6.61 Å². The number of carbonyl (C=O) groups is 1. The number of esters is 1. The molecular weight excluding hydrogens is 208 g/mol. The van der Waals surface area contributed by atoms with E-state index in [2.05, 4.69) is 9.72 Å². The van der Waals surface area contributed by atoms with Crippen molar-refractivity contribution in [3.8, 4) is 0 Å². The van der Waals surface area contributed by atoms with Crippen LogP contribution in [0.5, 0.6) is 0 Å². The number of nitrogens with one attached hydrogen (secondary N) is 1. The Balaban J connectivity index is 3.11. The number of hydrogen-bond acceptors (Lipinski definition) is 3. The molecule has 0 amide bonds. The quantitative estimate of drug-likeness (QED) is 0.769. The highest BCUT2D eigenvalue weighted by Gasteiger charge is 2.44. The molecule has 0 aliphatic heterocycles. The summed E-state index contributed by atoms with van der Waals surface area (Å²) >= 11 is 0. The van der Waals surface area contributed by atoms with Gasteiger partial charge >= 0.3 is 11.9 Å². The molecule has 0 saturated heterocycles. The monoisotopic (exact) mass is 217 g/mol. The van der Waals surface area contributed by atoms with Gasteiger partial charge in [-0.15, -0.1) is 0 Å². The van der Waals surface area contributed by atoms with Gasteiger partial charge in [-0.05, 0) is 19.1 Å². The van der Waals surface area contributed by atoms with Crippen LogP contribution in [0.4, 0.5) is 8.78 Å². The van der Waals surface area contributed by atoms with Gasteiger partial charge in [0.2, 0.25) is 0 Å². The van der Waals surface area contributed by atoms with Crippen LogP contribution in [0.2, 0.25) is 0 Å². The van der Waals surface area contributed by atoms with Crippen molar-refractivity contribution in [1.29, 1.82) is 0 Å². The van der Waals surface area contributed by atoms with E-state index in [-0.39, 0.29) is 6.61 Å². The van der Waals surface area contributed by atoms with Gasteiger partial charge < -0.3 is 9.72 Å². The maximum absolute atomic E-state index is 13.3. The van der Waals surface area contributed by atoms with Crippen molar-refractivity contribution in [1.82, 2.24) is 4.98 Å². The molecule has 0 aliphatic carbocycles. The molecule has 15 heavy (non-hydrogen) atoms. The lowest BCUT2D eigenvalue weighted by Gasteiger charge is -2.13. The van der Waals surface area contributed by atoms with E-state index < -0.39 is 23.0 Å². The van der Waals surface area contributed by atoms with Crippen LogP contribution in [-0.4, -0.2) is 17.6 Å². The second kappa shape index (κ2) is 4.20. The molecule has 0 aliphatic rings. The van der Waals surface area contributed by atoms with Gasteiger partial charge in [-0.1, -0.05) is 0 Å². The van der Waals surface area contributed by atoms with E-state index in [1.807, 2.05) is 0 Å². The summed E-state index contributed by atoms with van der Waals surface area (Å²) in [6.07, 6.45) is 1.20. The van der Waals surface area contributed by atoms with Crippen molar-refractivity contribution in [2.24, 2.45) is 0 Å². The fourth-order valence-corrected chi connectivity index (χ4v) is 1.00. The zero-order valence-corrected chi connectivity index (χ0v) is 7.92. The molecular formula is C9H9F2NO3. The van der Waals surface area contributed by atoms with Gasteiger partial charge in [0, 0.05) is 6.20 Å². The molecule has 1 N–H and O–H groups in total. The molecule has 1 rings (SSSR count). The van der Waals surface area contributed by atoms with Crippen LogP contribution in [0.3, 0.4) is 0 Å². The summed E-state index contributed by atoms with van der Waals surface area (Å²) in [6, 6.07) is 2.10. The van der Waals surface area contributed by atoms with E-state index in [0.717, 1.165) is 6.07 Å². The minimum atomic E-state index is -3.91. The first-order valence-corrected chi connectivity index (χ1v) is 4.23.